The van der Waals surface area contributed by atoms with Gasteiger partial charge in [-0.3, -0.25) is 14.7 Å². The van der Waals surface area contributed by atoms with E-state index < -0.39 is 12.1 Å². The van der Waals surface area contributed by atoms with Gasteiger partial charge in [-0.1, -0.05) is 26.0 Å². The van der Waals surface area contributed by atoms with Crippen molar-refractivity contribution in [1.29, 1.82) is 0 Å². The van der Waals surface area contributed by atoms with E-state index >= 15 is 0 Å². The van der Waals surface area contributed by atoms with E-state index in [-0.39, 0.29) is 17.6 Å². The Labute approximate surface area is 186 Å². The molecule has 1 atom stereocenters. The number of aromatic nitrogens is 5. The number of aromatic amines is 2. The van der Waals surface area contributed by atoms with Gasteiger partial charge in [-0.25, -0.2) is 9.97 Å². The molecular weight excluding hydrogens is 408 g/mol. The second kappa shape index (κ2) is 9.90. The minimum atomic E-state index is -0.824. The topological polar surface area (TPSA) is 140 Å². The second-order valence-corrected chi connectivity index (χ2v) is 8.61. The molecule has 3 aromatic rings. The Morgan fingerprint density at radius 3 is 2.66 bits per heavy atom. The number of nitrogens with zero attached hydrogens (tertiary/aromatic N) is 3. The molecule has 0 saturated carbocycles. The van der Waals surface area contributed by atoms with Gasteiger partial charge in [0.25, 0.3) is 5.91 Å². The molecule has 1 unspecified atom stereocenters. The number of carbonyl (C=O) groups excluding carboxylic acids is 2. The molecule has 1 fully saturated rings. The third kappa shape index (κ3) is 5.31. The molecule has 5 N–H and O–H groups in total. The fourth-order valence-corrected chi connectivity index (χ4v) is 3.78. The van der Waals surface area contributed by atoms with Gasteiger partial charge in [-0.2, -0.15) is 0 Å². The Morgan fingerprint density at radius 1 is 1.12 bits per heavy atom. The Morgan fingerprint density at radius 2 is 1.91 bits per heavy atom. The van der Waals surface area contributed by atoms with Gasteiger partial charge >= 0.3 is 0 Å². The number of hydrogen-bond acceptors (Lipinski definition) is 6. The van der Waals surface area contributed by atoms with Crippen LogP contribution < -0.4 is 16.0 Å². The Balaban J connectivity index is 1.50. The van der Waals surface area contributed by atoms with E-state index in [1.807, 2.05) is 24.3 Å². The fraction of sp³-hybridized carbons (Fsp3) is 0.500. The quantitative estimate of drug-likeness (QED) is 0.341. The lowest BCUT2D eigenvalue weighted by Gasteiger charge is -2.20. The maximum atomic E-state index is 12.9. The van der Waals surface area contributed by atoms with Gasteiger partial charge in [0.05, 0.1) is 11.0 Å². The number of amides is 2. The molecule has 10 nitrogen and oxygen atoms in total. The van der Waals surface area contributed by atoms with Crippen LogP contribution in [0, 0.1) is 5.92 Å². The van der Waals surface area contributed by atoms with Crippen molar-refractivity contribution >= 4 is 22.8 Å². The van der Waals surface area contributed by atoms with E-state index in [1.54, 1.807) is 0 Å². The Hall–Kier alpha value is -3.27. The van der Waals surface area contributed by atoms with Gasteiger partial charge in [-0.15, -0.1) is 5.10 Å². The summed E-state index contributed by atoms with van der Waals surface area (Å²) in [5, 5.41) is 16.0. The molecule has 3 heterocycles. The lowest BCUT2D eigenvalue weighted by atomic mass is 9.98. The summed E-state index contributed by atoms with van der Waals surface area (Å²) < 4.78 is 0. The van der Waals surface area contributed by atoms with Crippen LogP contribution in [0.15, 0.2) is 24.3 Å². The number of fused-ring (bicyclic) bond motifs is 1. The van der Waals surface area contributed by atoms with Gasteiger partial charge < -0.3 is 20.9 Å². The van der Waals surface area contributed by atoms with Crippen molar-refractivity contribution in [2.45, 2.75) is 51.6 Å². The number of piperidine rings is 1. The number of nitrogens with one attached hydrogen (secondary N) is 5. The van der Waals surface area contributed by atoms with Crippen molar-refractivity contribution in [2.24, 2.45) is 5.92 Å². The molecule has 1 aliphatic rings. The van der Waals surface area contributed by atoms with E-state index in [1.165, 1.54) is 0 Å². The zero-order valence-corrected chi connectivity index (χ0v) is 18.4. The molecule has 32 heavy (non-hydrogen) atoms. The standard InChI is InChI=1S/C22H30N8O2/c1-13(2)7-8-17(31)26-20(19-24-15-5-3-4-6-16(15)25-19)28-22(32)21-27-18(29-30-21)14-9-11-23-12-10-14/h3-6,13-14,20,23H,7-12H2,1-2H3,(H,24,25)(H,26,31)(H,28,32)(H,27,29,30). The molecule has 10 heteroatoms. The number of imidazole rings is 1. The number of carbonyl (C=O) groups is 2. The monoisotopic (exact) mass is 438 g/mol. The number of H-pyrrole nitrogens is 2. The lowest BCUT2D eigenvalue weighted by Crippen LogP contribution is -2.42. The molecule has 0 bridgehead atoms. The number of para-hydroxylation sites is 2. The molecule has 0 aliphatic carbocycles. The van der Waals surface area contributed by atoms with Gasteiger partial charge in [0.1, 0.15) is 5.82 Å². The van der Waals surface area contributed by atoms with Crippen molar-refractivity contribution in [3.63, 3.8) is 0 Å². The Bertz CT molecular complexity index is 1030. The SMILES string of the molecule is CC(C)CCC(=O)NC(NC(=O)c1n[nH]c(C2CCNCC2)n1)c1nc2ccccc2[nH]1. The van der Waals surface area contributed by atoms with Gasteiger partial charge in [0.15, 0.2) is 12.0 Å². The Kier molecular flexibility index (Phi) is 6.79. The highest BCUT2D eigenvalue weighted by molar-refractivity contribution is 5.91. The van der Waals surface area contributed by atoms with Crippen LogP contribution in [0.25, 0.3) is 11.0 Å². The second-order valence-electron chi connectivity index (χ2n) is 8.61. The third-order valence-electron chi connectivity index (χ3n) is 5.64. The van der Waals surface area contributed by atoms with Crippen LogP contribution in [0.5, 0.6) is 0 Å². The van der Waals surface area contributed by atoms with E-state index in [0.29, 0.717) is 18.2 Å². The van der Waals surface area contributed by atoms with Crippen LogP contribution in [-0.2, 0) is 4.79 Å². The summed E-state index contributed by atoms with van der Waals surface area (Å²) in [5.41, 5.74) is 1.58. The first-order valence-corrected chi connectivity index (χ1v) is 11.2. The van der Waals surface area contributed by atoms with Crippen molar-refractivity contribution in [1.82, 2.24) is 41.1 Å². The molecule has 1 aliphatic heterocycles. The first-order chi connectivity index (χ1) is 15.5. The van der Waals surface area contributed by atoms with E-state index in [2.05, 4.69) is 54.9 Å². The fourth-order valence-electron chi connectivity index (χ4n) is 3.78. The van der Waals surface area contributed by atoms with Gasteiger partial charge in [0, 0.05) is 12.3 Å². The first kappa shape index (κ1) is 21.9. The number of rotatable bonds is 8. The first-order valence-electron chi connectivity index (χ1n) is 11.2. The van der Waals surface area contributed by atoms with E-state index in [4.69, 9.17) is 0 Å². The molecule has 170 valence electrons. The summed E-state index contributed by atoms with van der Waals surface area (Å²) in [5.74, 6) is 1.25. The molecule has 2 amide bonds. The molecule has 4 rings (SSSR count). The minimum absolute atomic E-state index is 0.0519. The minimum Gasteiger partial charge on any atom is -0.339 e. The number of benzene rings is 1. The molecule has 2 aromatic heterocycles. The van der Waals surface area contributed by atoms with Crippen LogP contribution in [0.1, 0.15) is 73.9 Å². The average molecular weight is 439 g/mol. The zero-order chi connectivity index (χ0) is 22.5. The molecule has 0 spiro atoms. The van der Waals surface area contributed by atoms with Crippen LogP contribution >= 0.6 is 0 Å². The summed E-state index contributed by atoms with van der Waals surface area (Å²) in [6.45, 7) is 5.97. The predicted molar refractivity (Wildman–Crippen MR) is 120 cm³/mol. The third-order valence-corrected chi connectivity index (χ3v) is 5.64. The normalized spacial score (nSPS) is 15.7. The van der Waals surface area contributed by atoms with Crippen LogP contribution in [0.4, 0.5) is 0 Å². The lowest BCUT2D eigenvalue weighted by molar-refractivity contribution is -0.122. The van der Waals surface area contributed by atoms with Crippen LogP contribution in [-0.4, -0.2) is 50.1 Å². The van der Waals surface area contributed by atoms with E-state index in [9.17, 15) is 9.59 Å². The molecule has 1 aromatic carbocycles. The molecule has 0 radical (unpaired) electrons. The maximum Gasteiger partial charge on any atom is 0.292 e. The van der Waals surface area contributed by atoms with Crippen molar-refractivity contribution < 1.29 is 9.59 Å². The van der Waals surface area contributed by atoms with Crippen LogP contribution in [0.3, 0.4) is 0 Å². The summed E-state index contributed by atoms with van der Waals surface area (Å²) in [6.07, 6.45) is 2.20. The highest BCUT2D eigenvalue weighted by atomic mass is 16.2. The van der Waals surface area contributed by atoms with Gasteiger partial charge in [0.2, 0.25) is 11.7 Å². The largest absolute Gasteiger partial charge is 0.339 e. The number of hydrogen-bond donors (Lipinski definition) is 5. The van der Waals surface area contributed by atoms with Crippen molar-refractivity contribution in [3.05, 3.63) is 41.7 Å². The van der Waals surface area contributed by atoms with Crippen LogP contribution in [0.2, 0.25) is 0 Å². The summed E-state index contributed by atoms with van der Waals surface area (Å²) in [6, 6.07) is 7.55. The highest BCUT2D eigenvalue weighted by Gasteiger charge is 2.25. The maximum absolute atomic E-state index is 12.9. The predicted octanol–water partition coefficient (Wildman–Crippen LogP) is 2.13. The smallest absolute Gasteiger partial charge is 0.292 e. The average Bonchev–Trinajstić information content (AvgIpc) is 3.45. The molecule has 1 saturated heterocycles. The van der Waals surface area contributed by atoms with E-state index in [0.717, 1.165) is 49.2 Å². The van der Waals surface area contributed by atoms with Crippen molar-refractivity contribution in [3.8, 4) is 0 Å². The van der Waals surface area contributed by atoms with Crippen molar-refractivity contribution in [2.75, 3.05) is 13.1 Å². The summed E-state index contributed by atoms with van der Waals surface area (Å²) in [7, 11) is 0. The van der Waals surface area contributed by atoms with Gasteiger partial charge in [-0.05, 0) is 50.4 Å². The molecular formula is C22H30N8O2. The summed E-state index contributed by atoms with van der Waals surface area (Å²) in [4.78, 5) is 37.6. The summed E-state index contributed by atoms with van der Waals surface area (Å²) >= 11 is 0. The highest BCUT2D eigenvalue weighted by Crippen LogP contribution is 2.22. The zero-order valence-electron chi connectivity index (χ0n) is 18.4.